The number of benzene rings is 2. The van der Waals surface area contributed by atoms with Crippen molar-refractivity contribution < 1.29 is 28.4 Å². The Balaban J connectivity index is 1.97. The normalized spacial score (nSPS) is 10.4. The lowest BCUT2D eigenvalue weighted by atomic mass is 10.1. The van der Waals surface area contributed by atoms with Crippen molar-refractivity contribution in [1.29, 1.82) is 0 Å². The van der Waals surface area contributed by atoms with Gasteiger partial charge in [0.15, 0.2) is 23.0 Å². The second-order valence-corrected chi connectivity index (χ2v) is 6.49. The van der Waals surface area contributed by atoms with Gasteiger partial charge in [0.2, 0.25) is 11.5 Å². The number of methoxy groups -OCH3 is 6. The average Bonchev–Trinajstić information content (AvgIpc) is 2.84. The Bertz CT molecular complexity index is 1050. The first-order valence-electron chi connectivity index (χ1n) is 9.39. The van der Waals surface area contributed by atoms with Crippen LogP contribution in [-0.4, -0.2) is 42.7 Å². The molecule has 0 spiro atoms. The maximum absolute atomic E-state index is 12.3. The van der Waals surface area contributed by atoms with Gasteiger partial charge in [-0.15, -0.1) is 0 Å². The maximum Gasteiger partial charge on any atom is 0.253 e. The summed E-state index contributed by atoms with van der Waals surface area (Å²) in [5, 5.41) is 5.91. The van der Waals surface area contributed by atoms with E-state index < -0.39 is 10.9 Å². The zero-order valence-corrected chi connectivity index (χ0v) is 18.6. The van der Waals surface area contributed by atoms with Gasteiger partial charge in [0.25, 0.3) is 10.9 Å². The monoisotopic (exact) mass is 444 g/mol. The van der Waals surface area contributed by atoms with Crippen LogP contribution in [0.4, 0.5) is 22.7 Å². The standard InChI is InChI=1S/C22H24N2O8/c1-27-13-7-11(8-14(28-2)21(13)31-5)23-17-18(20(26)19(17)25)24-12-9-15(29-3)22(32-6)16(10-12)30-4/h7-10,23-24H,1-6H3. The van der Waals surface area contributed by atoms with E-state index in [9.17, 15) is 9.59 Å². The predicted octanol–water partition coefficient (Wildman–Crippen LogP) is 2.82. The highest BCUT2D eigenvalue weighted by molar-refractivity contribution is 5.84. The van der Waals surface area contributed by atoms with Crippen molar-refractivity contribution in [1.82, 2.24) is 0 Å². The summed E-state index contributed by atoms with van der Waals surface area (Å²) in [4.78, 5) is 24.6. The SMILES string of the molecule is COc1cc(Nc2c(Nc3cc(OC)c(OC)c(OC)c3)c(=O)c2=O)cc(OC)c1OC. The Morgan fingerprint density at radius 2 is 0.781 bits per heavy atom. The number of hydrogen-bond acceptors (Lipinski definition) is 10. The van der Waals surface area contributed by atoms with Crippen molar-refractivity contribution in [3.05, 3.63) is 44.7 Å². The molecule has 3 rings (SSSR count). The van der Waals surface area contributed by atoms with Gasteiger partial charge in [0.05, 0.1) is 42.7 Å². The minimum absolute atomic E-state index is 0.0954. The smallest absolute Gasteiger partial charge is 0.253 e. The third kappa shape index (κ3) is 3.94. The zero-order chi connectivity index (χ0) is 23.4. The summed E-state index contributed by atoms with van der Waals surface area (Å²) in [7, 11) is 8.91. The number of rotatable bonds is 10. The highest BCUT2D eigenvalue weighted by Crippen LogP contribution is 2.42. The van der Waals surface area contributed by atoms with Gasteiger partial charge in [0.1, 0.15) is 11.4 Å². The quantitative estimate of drug-likeness (QED) is 0.453. The minimum atomic E-state index is -0.659. The zero-order valence-electron chi connectivity index (χ0n) is 18.6. The molecule has 0 atom stereocenters. The summed E-state index contributed by atoms with van der Waals surface area (Å²) in [6.07, 6.45) is 0. The highest BCUT2D eigenvalue weighted by atomic mass is 16.5. The Morgan fingerprint density at radius 1 is 0.500 bits per heavy atom. The molecule has 0 aliphatic carbocycles. The van der Waals surface area contributed by atoms with Gasteiger partial charge >= 0.3 is 0 Å². The van der Waals surface area contributed by atoms with Crippen LogP contribution in [0.3, 0.4) is 0 Å². The molecule has 3 aromatic carbocycles. The van der Waals surface area contributed by atoms with Gasteiger partial charge in [-0.3, -0.25) is 9.59 Å². The second kappa shape index (κ2) is 9.38. The fourth-order valence-corrected chi connectivity index (χ4v) is 3.23. The van der Waals surface area contributed by atoms with Gasteiger partial charge in [0, 0.05) is 35.6 Å². The number of anilines is 4. The van der Waals surface area contributed by atoms with E-state index in [1.165, 1.54) is 42.7 Å². The van der Waals surface area contributed by atoms with E-state index in [1.807, 2.05) is 0 Å². The van der Waals surface area contributed by atoms with Gasteiger partial charge in [-0.25, -0.2) is 0 Å². The lowest BCUT2D eigenvalue weighted by Gasteiger charge is -2.19. The molecule has 0 aliphatic heterocycles. The summed E-state index contributed by atoms with van der Waals surface area (Å²) >= 11 is 0. The molecule has 0 saturated heterocycles. The van der Waals surface area contributed by atoms with Gasteiger partial charge in [-0.05, 0) is 0 Å². The van der Waals surface area contributed by atoms with Crippen molar-refractivity contribution in [2.75, 3.05) is 53.3 Å². The minimum Gasteiger partial charge on any atom is -0.493 e. The fraction of sp³-hybridized carbons (Fsp3) is 0.273. The number of nitrogens with one attached hydrogen (secondary N) is 2. The van der Waals surface area contributed by atoms with Gasteiger partial charge < -0.3 is 39.1 Å². The van der Waals surface area contributed by atoms with E-state index in [2.05, 4.69) is 10.6 Å². The summed E-state index contributed by atoms with van der Waals surface area (Å²) in [6.45, 7) is 0. The van der Waals surface area contributed by atoms with Gasteiger partial charge in [-0.1, -0.05) is 0 Å². The van der Waals surface area contributed by atoms with Gasteiger partial charge in [-0.2, -0.15) is 0 Å². The topological polar surface area (TPSA) is 114 Å². The molecule has 0 heterocycles. The van der Waals surface area contributed by atoms with Crippen molar-refractivity contribution in [2.24, 2.45) is 0 Å². The Hall–Kier alpha value is -4.08. The molecule has 0 radical (unpaired) electrons. The van der Waals surface area contributed by atoms with Crippen LogP contribution in [0.2, 0.25) is 0 Å². The second-order valence-electron chi connectivity index (χ2n) is 6.49. The molecule has 0 fully saturated rings. The van der Waals surface area contributed by atoms with E-state index in [-0.39, 0.29) is 11.4 Å². The Labute approximate surface area is 184 Å². The predicted molar refractivity (Wildman–Crippen MR) is 120 cm³/mol. The van der Waals surface area contributed by atoms with Crippen LogP contribution in [0.5, 0.6) is 34.5 Å². The largest absolute Gasteiger partial charge is 0.493 e. The molecule has 3 aromatic rings. The first-order valence-corrected chi connectivity index (χ1v) is 9.39. The summed E-state index contributed by atoms with van der Waals surface area (Å²) < 4.78 is 31.9. The molecule has 10 nitrogen and oxygen atoms in total. The van der Waals surface area contributed by atoms with Crippen molar-refractivity contribution in [3.8, 4) is 34.5 Å². The van der Waals surface area contributed by atoms with E-state index in [1.54, 1.807) is 24.3 Å². The van der Waals surface area contributed by atoms with Crippen molar-refractivity contribution in [2.45, 2.75) is 0 Å². The van der Waals surface area contributed by atoms with Crippen LogP contribution in [0.1, 0.15) is 0 Å². The van der Waals surface area contributed by atoms with E-state index >= 15 is 0 Å². The fourth-order valence-electron chi connectivity index (χ4n) is 3.23. The highest BCUT2D eigenvalue weighted by Gasteiger charge is 2.24. The Morgan fingerprint density at radius 3 is 1.00 bits per heavy atom. The first kappa shape index (κ1) is 22.6. The van der Waals surface area contributed by atoms with Crippen molar-refractivity contribution >= 4 is 22.7 Å². The van der Waals surface area contributed by atoms with Crippen molar-refractivity contribution in [3.63, 3.8) is 0 Å². The molecular weight excluding hydrogens is 420 g/mol. The first-order chi connectivity index (χ1) is 15.4. The molecule has 0 aromatic heterocycles. The summed E-state index contributed by atoms with van der Waals surface area (Å²) in [5.74, 6) is 2.39. The Kier molecular flexibility index (Phi) is 6.62. The van der Waals surface area contributed by atoms with Crippen LogP contribution in [0, 0.1) is 0 Å². The van der Waals surface area contributed by atoms with E-state index in [4.69, 9.17) is 28.4 Å². The molecular formula is C22H24N2O8. The maximum atomic E-state index is 12.3. The van der Waals surface area contributed by atoms with Crippen LogP contribution in [-0.2, 0) is 0 Å². The third-order valence-corrected chi connectivity index (χ3v) is 4.78. The molecule has 10 heteroatoms. The van der Waals surface area contributed by atoms with Crippen LogP contribution in [0.15, 0.2) is 33.9 Å². The molecule has 2 N–H and O–H groups in total. The van der Waals surface area contributed by atoms with E-state index in [0.29, 0.717) is 45.9 Å². The third-order valence-electron chi connectivity index (χ3n) is 4.78. The summed E-state index contributed by atoms with van der Waals surface area (Å²) in [6, 6.07) is 6.51. The molecule has 0 amide bonds. The van der Waals surface area contributed by atoms with Crippen LogP contribution < -0.4 is 49.9 Å². The lowest BCUT2D eigenvalue weighted by Crippen LogP contribution is -2.35. The molecule has 0 unspecified atom stereocenters. The number of ether oxygens (including phenoxy) is 6. The van der Waals surface area contributed by atoms with Crippen LogP contribution >= 0.6 is 0 Å². The molecule has 0 saturated carbocycles. The summed E-state index contributed by atoms with van der Waals surface area (Å²) in [5.41, 5.74) is -0.183. The molecule has 32 heavy (non-hydrogen) atoms. The number of hydrogen-bond donors (Lipinski definition) is 2. The van der Waals surface area contributed by atoms with E-state index in [0.717, 1.165) is 0 Å². The van der Waals surface area contributed by atoms with Crippen LogP contribution in [0.25, 0.3) is 0 Å². The lowest BCUT2D eigenvalue weighted by molar-refractivity contribution is 0.324. The molecule has 0 bridgehead atoms. The molecule has 0 aliphatic rings. The molecule has 170 valence electrons. The average molecular weight is 444 g/mol.